The summed E-state index contributed by atoms with van der Waals surface area (Å²) in [5.41, 5.74) is 3.61. The minimum absolute atomic E-state index is 0.0613. The molecular weight excluding hydrogens is 226 g/mol. The second-order valence-corrected chi connectivity index (χ2v) is 5.31. The van der Waals surface area contributed by atoms with Gasteiger partial charge in [-0.2, -0.15) is 0 Å². The Kier molecular flexibility index (Phi) is 2.17. The van der Waals surface area contributed by atoms with Gasteiger partial charge < -0.3 is 16.0 Å². The molecule has 1 aromatic rings. The monoisotopic (exact) mass is 243 g/mol. The SMILES string of the molecule is CC=CC1Nc2cc3c(cc2N1)C(C)(C)C(=O)N3. The lowest BCUT2D eigenvalue weighted by Crippen LogP contribution is -2.26. The van der Waals surface area contributed by atoms with Gasteiger partial charge in [-0.1, -0.05) is 6.08 Å². The predicted octanol–water partition coefficient (Wildman–Crippen LogP) is 2.66. The van der Waals surface area contributed by atoms with Crippen LogP contribution >= 0.6 is 0 Å². The van der Waals surface area contributed by atoms with Crippen LogP contribution in [0.1, 0.15) is 26.3 Å². The van der Waals surface area contributed by atoms with Crippen molar-refractivity contribution in [2.24, 2.45) is 0 Å². The van der Waals surface area contributed by atoms with E-state index in [4.69, 9.17) is 0 Å². The van der Waals surface area contributed by atoms with Crippen LogP contribution in [-0.4, -0.2) is 12.1 Å². The molecule has 1 aromatic carbocycles. The lowest BCUT2D eigenvalue weighted by molar-refractivity contribution is -0.119. The van der Waals surface area contributed by atoms with E-state index in [-0.39, 0.29) is 12.1 Å². The molecule has 2 aliphatic rings. The summed E-state index contributed by atoms with van der Waals surface area (Å²) in [5, 5.41) is 9.68. The first-order valence-corrected chi connectivity index (χ1v) is 6.18. The average Bonchev–Trinajstić information content (AvgIpc) is 2.77. The van der Waals surface area contributed by atoms with Gasteiger partial charge in [0.1, 0.15) is 6.17 Å². The average molecular weight is 243 g/mol. The Morgan fingerprint density at radius 3 is 2.50 bits per heavy atom. The predicted molar refractivity (Wildman–Crippen MR) is 73.9 cm³/mol. The summed E-state index contributed by atoms with van der Waals surface area (Å²) < 4.78 is 0. The molecule has 4 nitrogen and oxygen atoms in total. The van der Waals surface area contributed by atoms with E-state index < -0.39 is 5.41 Å². The van der Waals surface area contributed by atoms with Gasteiger partial charge in [0.2, 0.25) is 5.91 Å². The summed E-state index contributed by atoms with van der Waals surface area (Å²) >= 11 is 0. The van der Waals surface area contributed by atoms with E-state index in [2.05, 4.69) is 28.1 Å². The maximum absolute atomic E-state index is 11.9. The van der Waals surface area contributed by atoms with Gasteiger partial charge in [-0.15, -0.1) is 0 Å². The summed E-state index contributed by atoms with van der Waals surface area (Å²) in [5.74, 6) is 0.0613. The molecule has 0 aliphatic carbocycles. The van der Waals surface area contributed by atoms with Gasteiger partial charge in [0.15, 0.2) is 0 Å². The molecule has 4 heteroatoms. The van der Waals surface area contributed by atoms with Crippen LogP contribution in [-0.2, 0) is 10.2 Å². The van der Waals surface area contributed by atoms with Crippen molar-refractivity contribution in [2.75, 3.05) is 16.0 Å². The Balaban J connectivity index is 2.03. The zero-order valence-corrected chi connectivity index (χ0v) is 10.8. The van der Waals surface area contributed by atoms with Crippen molar-refractivity contribution < 1.29 is 4.79 Å². The quantitative estimate of drug-likeness (QED) is 0.665. The van der Waals surface area contributed by atoms with Crippen molar-refractivity contribution >= 4 is 23.0 Å². The molecule has 3 N–H and O–H groups in total. The third-order valence-electron chi connectivity index (χ3n) is 3.65. The van der Waals surface area contributed by atoms with Gasteiger partial charge in [-0.05, 0) is 44.5 Å². The van der Waals surface area contributed by atoms with Gasteiger partial charge in [-0.3, -0.25) is 4.79 Å². The maximum atomic E-state index is 11.9. The number of carbonyl (C=O) groups excluding carboxylic acids is 1. The van der Waals surface area contributed by atoms with Crippen molar-refractivity contribution in [3.8, 4) is 0 Å². The Labute approximate surface area is 106 Å². The van der Waals surface area contributed by atoms with Crippen LogP contribution in [0.15, 0.2) is 24.3 Å². The van der Waals surface area contributed by atoms with Crippen molar-refractivity contribution in [1.29, 1.82) is 0 Å². The lowest BCUT2D eigenvalue weighted by atomic mass is 9.86. The van der Waals surface area contributed by atoms with E-state index in [1.165, 1.54) is 0 Å². The van der Waals surface area contributed by atoms with E-state index in [0.717, 1.165) is 22.6 Å². The van der Waals surface area contributed by atoms with Crippen molar-refractivity contribution in [3.05, 3.63) is 29.8 Å². The highest BCUT2D eigenvalue weighted by molar-refractivity contribution is 6.07. The fraction of sp³-hybridized carbons (Fsp3) is 0.357. The van der Waals surface area contributed by atoms with Crippen LogP contribution in [0.2, 0.25) is 0 Å². The molecule has 0 bridgehead atoms. The molecule has 0 radical (unpaired) electrons. The van der Waals surface area contributed by atoms with Gasteiger partial charge in [-0.25, -0.2) is 0 Å². The van der Waals surface area contributed by atoms with E-state index in [0.29, 0.717) is 0 Å². The zero-order chi connectivity index (χ0) is 12.9. The van der Waals surface area contributed by atoms with E-state index in [1.807, 2.05) is 32.9 Å². The molecule has 0 spiro atoms. The smallest absolute Gasteiger partial charge is 0.234 e. The summed E-state index contributed by atoms with van der Waals surface area (Å²) in [6.45, 7) is 5.90. The van der Waals surface area contributed by atoms with Gasteiger partial charge in [0, 0.05) is 5.69 Å². The Hall–Kier alpha value is -1.97. The molecule has 94 valence electrons. The molecule has 0 aromatic heterocycles. The number of amides is 1. The first kappa shape index (κ1) is 11.1. The fourth-order valence-electron chi connectivity index (χ4n) is 2.52. The van der Waals surface area contributed by atoms with Crippen LogP contribution in [0.5, 0.6) is 0 Å². The van der Waals surface area contributed by atoms with Crippen LogP contribution in [0.25, 0.3) is 0 Å². The first-order valence-electron chi connectivity index (χ1n) is 6.18. The number of nitrogens with one attached hydrogen (secondary N) is 3. The van der Waals surface area contributed by atoms with Crippen molar-refractivity contribution in [3.63, 3.8) is 0 Å². The third kappa shape index (κ3) is 1.41. The number of carbonyl (C=O) groups is 1. The summed E-state index contributed by atoms with van der Waals surface area (Å²) in [4.78, 5) is 11.9. The van der Waals surface area contributed by atoms with Gasteiger partial charge >= 0.3 is 0 Å². The summed E-state index contributed by atoms with van der Waals surface area (Å²) in [7, 11) is 0. The topological polar surface area (TPSA) is 53.2 Å². The highest BCUT2D eigenvalue weighted by atomic mass is 16.2. The summed E-state index contributed by atoms with van der Waals surface area (Å²) in [6.07, 6.45) is 4.21. The molecular formula is C14H17N3O. The Morgan fingerprint density at radius 2 is 1.83 bits per heavy atom. The number of hydrogen-bond donors (Lipinski definition) is 3. The Morgan fingerprint density at radius 1 is 1.17 bits per heavy atom. The highest BCUT2D eigenvalue weighted by Gasteiger charge is 2.39. The maximum Gasteiger partial charge on any atom is 0.234 e. The summed E-state index contributed by atoms with van der Waals surface area (Å²) in [6, 6.07) is 4.08. The number of benzene rings is 1. The van der Waals surface area contributed by atoms with E-state index in [9.17, 15) is 4.79 Å². The Bertz CT molecular complexity index is 560. The minimum Gasteiger partial charge on any atom is -0.360 e. The van der Waals surface area contributed by atoms with Crippen LogP contribution in [0, 0.1) is 0 Å². The normalized spacial score (nSPS) is 23.3. The fourth-order valence-corrected chi connectivity index (χ4v) is 2.52. The van der Waals surface area contributed by atoms with Crippen LogP contribution in [0.3, 0.4) is 0 Å². The second kappa shape index (κ2) is 3.51. The zero-order valence-electron chi connectivity index (χ0n) is 10.8. The molecule has 0 fully saturated rings. The number of hydrogen-bond acceptors (Lipinski definition) is 3. The molecule has 0 saturated carbocycles. The molecule has 2 heterocycles. The molecule has 1 amide bonds. The van der Waals surface area contributed by atoms with Crippen LogP contribution < -0.4 is 16.0 Å². The van der Waals surface area contributed by atoms with E-state index in [1.54, 1.807) is 0 Å². The standard InChI is InChI=1S/C14H17N3O/c1-4-5-12-15-10-6-8-9(7-11(10)16-12)17-13(18)14(8,2)3/h4-7,12,15-16H,1-3H3,(H,17,18). The second-order valence-electron chi connectivity index (χ2n) is 5.31. The molecule has 1 unspecified atom stereocenters. The molecule has 2 aliphatic heterocycles. The minimum atomic E-state index is -0.454. The largest absolute Gasteiger partial charge is 0.360 e. The third-order valence-corrected chi connectivity index (χ3v) is 3.65. The molecule has 1 atom stereocenters. The number of allylic oxidation sites excluding steroid dienone is 1. The van der Waals surface area contributed by atoms with Crippen molar-refractivity contribution in [2.45, 2.75) is 32.4 Å². The van der Waals surface area contributed by atoms with Gasteiger partial charge in [0.25, 0.3) is 0 Å². The molecule has 3 rings (SSSR count). The highest BCUT2D eigenvalue weighted by Crippen LogP contribution is 2.43. The number of fused-ring (bicyclic) bond motifs is 2. The lowest BCUT2D eigenvalue weighted by Gasteiger charge is -2.15. The van der Waals surface area contributed by atoms with E-state index >= 15 is 0 Å². The molecule has 0 saturated heterocycles. The molecule has 18 heavy (non-hydrogen) atoms. The van der Waals surface area contributed by atoms with Gasteiger partial charge in [0.05, 0.1) is 16.8 Å². The van der Waals surface area contributed by atoms with Crippen LogP contribution in [0.4, 0.5) is 17.1 Å². The first-order chi connectivity index (χ1) is 8.52. The number of anilines is 3. The number of rotatable bonds is 1. The van der Waals surface area contributed by atoms with Crippen molar-refractivity contribution in [1.82, 2.24) is 0 Å².